The molecule has 1 saturated carbocycles. The van der Waals surface area contributed by atoms with Crippen LogP contribution in [0.2, 0.25) is 0 Å². The van der Waals surface area contributed by atoms with Crippen LogP contribution in [0, 0.1) is 11.8 Å². The van der Waals surface area contributed by atoms with Gasteiger partial charge in [0, 0.05) is 24.2 Å². The van der Waals surface area contributed by atoms with Crippen LogP contribution in [0.5, 0.6) is 0 Å². The Morgan fingerprint density at radius 3 is 2.59 bits per heavy atom. The van der Waals surface area contributed by atoms with E-state index in [4.69, 9.17) is 4.74 Å². The maximum Gasteiger partial charge on any atom is 0.416 e. The van der Waals surface area contributed by atoms with Crippen molar-refractivity contribution in [3.63, 3.8) is 0 Å². The van der Waals surface area contributed by atoms with Crippen LogP contribution in [-0.2, 0) is 20.5 Å². The molecule has 1 aliphatic carbocycles. The molecule has 7 nitrogen and oxygen atoms in total. The van der Waals surface area contributed by atoms with E-state index in [0.717, 1.165) is 31.2 Å². The van der Waals surface area contributed by atoms with Crippen molar-refractivity contribution in [1.29, 1.82) is 0 Å². The first-order chi connectivity index (χ1) is 16.0. The Hall–Kier alpha value is -2.62. The fourth-order valence-corrected chi connectivity index (χ4v) is 4.76. The highest BCUT2D eigenvalue weighted by Crippen LogP contribution is 2.33. The van der Waals surface area contributed by atoms with E-state index in [2.05, 4.69) is 24.5 Å². The number of hydrogen-bond donors (Lipinski definition) is 2. The minimum Gasteiger partial charge on any atom is -0.469 e. The fourth-order valence-electron chi connectivity index (χ4n) is 4.76. The summed E-state index contributed by atoms with van der Waals surface area (Å²) in [6, 6.07) is 3.05. The second-order valence-electron chi connectivity index (χ2n) is 9.43. The van der Waals surface area contributed by atoms with E-state index < -0.39 is 29.6 Å². The predicted octanol–water partition coefficient (Wildman–Crippen LogP) is 2.99. The number of likely N-dealkylation sites (tertiary alicyclic amines) is 1. The smallest absolute Gasteiger partial charge is 0.416 e. The van der Waals surface area contributed by atoms with Gasteiger partial charge in [-0.15, -0.1) is 0 Å². The molecule has 1 aromatic rings. The second kappa shape index (κ2) is 10.8. The molecule has 1 saturated heterocycles. The van der Waals surface area contributed by atoms with Crippen molar-refractivity contribution in [3.8, 4) is 0 Å². The van der Waals surface area contributed by atoms with Gasteiger partial charge in [0.2, 0.25) is 5.91 Å². The van der Waals surface area contributed by atoms with E-state index in [1.807, 2.05) is 0 Å². The molecule has 1 aliphatic heterocycles. The summed E-state index contributed by atoms with van der Waals surface area (Å²) in [5.41, 5.74) is -1.09. The van der Waals surface area contributed by atoms with E-state index >= 15 is 0 Å². The Bertz CT molecular complexity index is 906. The lowest BCUT2D eigenvalue weighted by Crippen LogP contribution is -2.53. The molecule has 34 heavy (non-hydrogen) atoms. The number of halogens is 3. The molecule has 0 unspecified atom stereocenters. The van der Waals surface area contributed by atoms with Crippen molar-refractivity contribution >= 4 is 17.8 Å². The lowest BCUT2D eigenvalue weighted by atomic mass is 9.80. The topological polar surface area (TPSA) is 87.7 Å². The zero-order valence-electron chi connectivity index (χ0n) is 19.7. The molecule has 1 heterocycles. The summed E-state index contributed by atoms with van der Waals surface area (Å²) in [5.74, 6) is -1.45. The minimum absolute atomic E-state index is 0.150. The van der Waals surface area contributed by atoms with Gasteiger partial charge >= 0.3 is 12.1 Å². The van der Waals surface area contributed by atoms with Crippen LogP contribution >= 0.6 is 0 Å². The Balaban J connectivity index is 1.66. The number of alkyl halides is 3. The molecule has 2 amide bonds. The van der Waals surface area contributed by atoms with Crippen LogP contribution in [-0.4, -0.2) is 61.0 Å². The van der Waals surface area contributed by atoms with Crippen molar-refractivity contribution in [2.75, 3.05) is 20.2 Å². The monoisotopic (exact) mass is 483 g/mol. The van der Waals surface area contributed by atoms with Crippen molar-refractivity contribution in [1.82, 2.24) is 15.5 Å². The van der Waals surface area contributed by atoms with E-state index in [1.165, 1.54) is 13.2 Å². The van der Waals surface area contributed by atoms with E-state index in [-0.39, 0.29) is 29.5 Å². The number of amides is 2. The number of nitrogens with zero attached hydrogens (tertiary/aromatic N) is 1. The van der Waals surface area contributed by atoms with E-state index in [0.29, 0.717) is 31.7 Å². The van der Waals surface area contributed by atoms with Gasteiger partial charge in [-0.05, 0) is 56.3 Å². The summed E-state index contributed by atoms with van der Waals surface area (Å²) < 4.78 is 43.9. The zero-order valence-corrected chi connectivity index (χ0v) is 19.7. The average Bonchev–Trinajstić information content (AvgIpc) is 3.16. The molecule has 2 aliphatic rings. The van der Waals surface area contributed by atoms with Crippen LogP contribution in [0.1, 0.15) is 55.5 Å². The lowest BCUT2D eigenvalue weighted by Gasteiger charge is -2.40. The van der Waals surface area contributed by atoms with Crippen LogP contribution in [0.25, 0.3) is 0 Å². The van der Waals surface area contributed by atoms with Crippen molar-refractivity contribution in [2.45, 2.75) is 63.8 Å². The van der Waals surface area contributed by atoms with Gasteiger partial charge in [0.05, 0.1) is 18.6 Å². The van der Waals surface area contributed by atoms with Gasteiger partial charge in [-0.3, -0.25) is 14.4 Å². The third-order valence-electron chi connectivity index (χ3n) is 6.53. The SMILES string of the molecule is COC(=O)[C@H]1C[C@H](NCC(C)C)CC[C@@H]1N1CC[C@H](NC(=O)c2cccc(C(F)(F)F)c2)C1=O. The van der Waals surface area contributed by atoms with Gasteiger partial charge in [-0.25, -0.2) is 0 Å². The Morgan fingerprint density at radius 1 is 1.21 bits per heavy atom. The quantitative estimate of drug-likeness (QED) is 0.583. The Labute approximate surface area is 197 Å². The molecule has 0 aromatic heterocycles. The summed E-state index contributed by atoms with van der Waals surface area (Å²) in [4.78, 5) is 39.8. The van der Waals surface area contributed by atoms with Gasteiger partial charge in [0.25, 0.3) is 5.91 Å². The molecule has 4 atom stereocenters. The molecule has 188 valence electrons. The average molecular weight is 484 g/mol. The summed E-state index contributed by atoms with van der Waals surface area (Å²) in [5, 5.41) is 6.04. The third kappa shape index (κ3) is 6.08. The first kappa shape index (κ1) is 26.0. The number of esters is 1. The van der Waals surface area contributed by atoms with Crippen molar-refractivity contribution in [2.24, 2.45) is 11.8 Å². The summed E-state index contributed by atoms with van der Waals surface area (Å²) in [6.45, 7) is 5.39. The molecule has 2 fully saturated rings. The normalized spacial score (nSPS) is 25.5. The van der Waals surface area contributed by atoms with Crippen LogP contribution in [0.4, 0.5) is 13.2 Å². The molecule has 3 rings (SSSR count). The van der Waals surface area contributed by atoms with Gasteiger partial charge in [0.15, 0.2) is 0 Å². The van der Waals surface area contributed by atoms with Crippen LogP contribution in [0.3, 0.4) is 0 Å². The predicted molar refractivity (Wildman–Crippen MR) is 119 cm³/mol. The van der Waals surface area contributed by atoms with E-state index in [9.17, 15) is 27.6 Å². The molecule has 10 heteroatoms. The van der Waals surface area contributed by atoms with Crippen LogP contribution < -0.4 is 10.6 Å². The Kier molecular flexibility index (Phi) is 8.22. The highest BCUT2D eigenvalue weighted by Gasteiger charge is 2.45. The van der Waals surface area contributed by atoms with Gasteiger partial charge in [-0.2, -0.15) is 13.2 Å². The van der Waals surface area contributed by atoms with Crippen LogP contribution in [0.15, 0.2) is 24.3 Å². The van der Waals surface area contributed by atoms with E-state index in [1.54, 1.807) is 4.90 Å². The summed E-state index contributed by atoms with van der Waals surface area (Å²) in [7, 11) is 1.33. The summed E-state index contributed by atoms with van der Waals surface area (Å²) >= 11 is 0. The maximum atomic E-state index is 13.1. The summed E-state index contributed by atoms with van der Waals surface area (Å²) in [6.07, 6.45) is -2.27. The number of nitrogens with one attached hydrogen (secondary N) is 2. The highest BCUT2D eigenvalue weighted by atomic mass is 19.4. The number of ether oxygens (including phenoxy) is 1. The standard InChI is InChI=1S/C24H32F3N3O4/c1-14(2)13-28-17-7-8-20(18(12-17)23(33)34-3)30-10-9-19(22(30)32)29-21(31)15-5-4-6-16(11-15)24(25,26)27/h4-6,11,14,17-20,28H,7-10,12-13H2,1-3H3,(H,29,31)/t17-,18+,19+,20+/m1/s1. The molecule has 0 radical (unpaired) electrons. The highest BCUT2D eigenvalue weighted by molar-refractivity contribution is 5.98. The number of carbonyl (C=O) groups excluding carboxylic acids is 3. The van der Waals surface area contributed by atoms with Gasteiger partial charge < -0.3 is 20.3 Å². The first-order valence-electron chi connectivity index (χ1n) is 11.6. The molecular weight excluding hydrogens is 451 g/mol. The van der Waals surface area contributed by atoms with Gasteiger partial charge in [0.1, 0.15) is 6.04 Å². The second-order valence-corrected chi connectivity index (χ2v) is 9.43. The molecule has 0 spiro atoms. The lowest BCUT2D eigenvalue weighted by molar-refractivity contribution is -0.151. The number of hydrogen-bond acceptors (Lipinski definition) is 5. The molecule has 0 bridgehead atoms. The fraction of sp³-hybridized carbons (Fsp3) is 0.625. The number of carbonyl (C=O) groups is 3. The maximum absolute atomic E-state index is 13.1. The van der Waals surface area contributed by atoms with Gasteiger partial charge in [-0.1, -0.05) is 19.9 Å². The number of benzene rings is 1. The van der Waals surface area contributed by atoms with Crippen molar-refractivity contribution in [3.05, 3.63) is 35.4 Å². The minimum atomic E-state index is -4.57. The largest absolute Gasteiger partial charge is 0.469 e. The first-order valence-corrected chi connectivity index (χ1v) is 11.6. The molecule has 1 aromatic carbocycles. The third-order valence-corrected chi connectivity index (χ3v) is 6.53. The zero-order chi connectivity index (χ0) is 25.0. The number of methoxy groups -OCH3 is 1. The molecular formula is C24H32F3N3O4. The number of rotatable bonds is 7. The van der Waals surface area contributed by atoms with Crippen molar-refractivity contribution < 1.29 is 32.3 Å². The molecule has 2 N–H and O–H groups in total. The Morgan fingerprint density at radius 2 is 1.94 bits per heavy atom.